The molecule has 0 aliphatic rings. The van der Waals surface area contributed by atoms with E-state index in [9.17, 15) is 0 Å². The molecule has 3 nitrogen and oxygen atoms in total. The molecule has 2 aromatic rings. The maximum atomic E-state index is 5.72. The zero-order valence-electron chi connectivity index (χ0n) is 10.7. The van der Waals surface area contributed by atoms with Gasteiger partial charge < -0.3 is 0 Å². The fraction of sp³-hybridized carbons (Fsp3) is 0.308. The molecule has 0 saturated heterocycles. The van der Waals surface area contributed by atoms with Crippen LogP contribution in [-0.2, 0) is 6.42 Å². The summed E-state index contributed by atoms with van der Waals surface area (Å²) in [4.78, 5) is 5.85. The van der Waals surface area contributed by atoms with E-state index in [1.807, 2.05) is 6.92 Å². The average Bonchev–Trinajstić information content (AvgIpc) is 2.69. The molecule has 1 atom stereocenters. The Morgan fingerprint density at radius 3 is 2.79 bits per heavy atom. The van der Waals surface area contributed by atoms with Crippen LogP contribution in [0.3, 0.4) is 0 Å². The number of halogens is 2. The average molecular weight is 452 g/mol. The molecule has 2 rings (SSSR count). The van der Waals surface area contributed by atoms with Gasteiger partial charge in [-0.1, -0.05) is 15.9 Å². The molecule has 0 aliphatic carbocycles. The lowest BCUT2D eigenvalue weighted by Crippen LogP contribution is -2.29. The highest BCUT2D eigenvalue weighted by Crippen LogP contribution is 2.29. The van der Waals surface area contributed by atoms with E-state index in [0.29, 0.717) is 0 Å². The van der Waals surface area contributed by atoms with Crippen molar-refractivity contribution in [2.75, 3.05) is 0 Å². The minimum Gasteiger partial charge on any atom is -0.271 e. The van der Waals surface area contributed by atoms with Crippen molar-refractivity contribution in [2.24, 2.45) is 5.84 Å². The maximum Gasteiger partial charge on any atom is 0.0950 e. The molecule has 0 bridgehead atoms. The van der Waals surface area contributed by atoms with Gasteiger partial charge in [0.1, 0.15) is 0 Å². The number of thiazole rings is 1. The van der Waals surface area contributed by atoms with E-state index in [1.54, 1.807) is 11.3 Å². The van der Waals surface area contributed by atoms with Crippen molar-refractivity contribution >= 4 is 49.9 Å². The molecule has 6 heteroatoms. The quantitative estimate of drug-likeness (QED) is 0.421. The monoisotopic (exact) mass is 451 g/mol. The van der Waals surface area contributed by atoms with E-state index >= 15 is 0 Å². The summed E-state index contributed by atoms with van der Waals surface area (Å²) >= 11 is 7.64. The number of aromatic nitrogens is 1. The molecule has 1 unspecified atom stereocenters. The van der Waals surface area contributed by atoms with Gasteiger partial charge >= 0.3 is 0 Å². The van der Waals surface area contributed by atoms with E-state index in [0.717, 1.165) is 21.6 Å². The minimum absolute atomic E-state index is 0.0639. The van der Waals surface area contributed by atoms with Crippen LogP contribution in [0.5, 0.6) is 0 Å². The molecule has 0 radical (unpaired) electrons. The summed E-state index contributed by atoms with van der Waals surface area (Å²) in [5.41, 5.74) is 5.17. The van der Waals surface area contributed by atoms with Gasteiger partial charge in [-0.25, -0.2) is 4.98 Å². The van der Waals surface area contributed by atoms with Crippen molar-refractivity contribution < 1.29 is 0 Å². The lowest BCUT2D eigenvalue weighted by Gasteiger charge is -2.17. The van der Waals surface area contributed by atoms with Crippen molar-refractivity contribution in [1.29, 1.82) is 0 Å². The topological polar surface area (TPSA) is 50.9 Å². The van der Waals surface area contributed by atoms with E-state index in [4.69, 9.17) is 5.84 Å². The first-order chi connectivity index (χ1) is 9.01. The Bertz CT molecular complexity index is 566. The largest absolute Gasteiger partial charge is 0.271 e. The summed E-state index contributed by atoms with van der Waals surface area (Å²) in [6.45, 7) is 4.14. The summed E-state index contributed by atoms with van der Waals surface area (Å²) < 4.78 is 2.27. The van der Waals surface area contributed by atoms with Gasteiger partial charge in [-0.15, -0.1) is 11.3 Å². The Labute approximate surface area is 139 Å². The standard InChI is InChI=1S/C13H15BrIN3S/c1-7-8(2)19-13(17-7)6-12(18-16)10-5-9(15)3-4-11(10)14/h3-5,12,18H,6,16H2,1-2H3. The summed E-state index contributed by atoms with van der Waals surface area (Å²) in [7, 11) is 0. The van der Waals surface area contributed by atoms with Crippen LogP contribution < -0.4 is 11.3 Å². The van der Waals surface area contributed by atoms with Crippen LogP contribution in [0.1, 0.15) is 27.2 Å². The van der Waals surface area contributed by atoms with Gasteiger partial charge in [-0.05, 0) is 60.2 Å². The Balaban J connectivity index is 2.27. The molecule has 1 heterocycles. The molecule has 0 fully saturated rings. The lowest BCUT2D eigenvalue weighted by molar-refractivity contribution is 0.548. The molecule has 0 spiro atoms. The molecule has 3 N–H and O–H groups in total. The van der Waals surface area contributed by atoms with Gasteiger partial charge in [0.25, 0.3) is 0 Å². The first kappa shape index (κ1) is 15.4. The predicted molar refractivity (Wildman–Crippen MR) is 92.2 cm³/mol. The number of hydrazine groups is 1. The molecule has 0 amide bonds. The molecular formula is C13H15BrIN3S. The summed E-state index contributed by atoms with van der Waals surface area (Å²) in [6.07, 6.45) is 0.800. The van der Waals surface area contributed by atoms with E-state index in [-0.39, 0.29) is 6.04 Å². The molecule has 1 aromatic heterocycles. The number of aryl methyl sites for hydroxylation is 2. The fourth-order valence-corrected chi connectivity index (χ4v) is 3.86. The summed E-state index contributed by atoms with van der Waals surface area (Å²) in [6, 6.07) is 6.33. The molecule has 0 saturated carbocycles. The normalized spacial score (nSPS) is 12.7. The number of benzene rings is 1. The summed E-state index contributed by atoms with van der Waals surface area (Å²) in [5, 5.41) is 1.11. The molecule has 102 valence electrons. The lowest BCUT2D eigenvalue weighted by atomic mass is 10.1. The second-order valence-electron chi connectivity index (χ2n) is 4.34. The minimum atomic E-state index is 0.0639. The Morgan fingerprint density at radius 2 is 2.21 bits per heavy atom. The Hall–Kier alpha value is -0.0200. The Kier molecular flexibility index (Phi) is 5.36. The van der Waals surface area contributed by atoms with Crippen molar-refractivity contribution in [3.8, 4) is 0 Å². The van der Waals surface area contributed by atoms with Crippen LogP contribution in [-0.4, -0.2) is 4.98 Å². The van der Waals surface area contributed by atoms with E-state index in [2.05, 4.69) is 74.1 Å². The predicted octanol–water partition coefficient (Wildman–Crippen LogP) is 3.87. The molecule has 1 aromatic carbocycles. The van der Waals surface area contributed by atoms with Crippen molar-refractivity contribution in [3.05, 3.63) is 47.4 Å². The first-order valence-corrected chi connectivity index (χ1v) is 8.54. The zero-order valence-corrected chi connectivity index (χ0v) is 15.3. The third-order valence-electron chi connectivity index (χ3n) is 2.99. The first-order valence-electron chi connectivity index (χ1n) is 5.85. The van der Waals surface area contributed by atoms with Crippen LogP contribution in [0.15, 0.2) is 22.7 Å². The number of nitrogens with one attached hydrogen (secondary N) is 1. The van der Waals surface area contributed by atoms with Crippen LogP contribution in [0.2, 0.25) is 0 Å². The second-order valence-corrected chi connectivity index (χ2v) is 7.73. The number of rotatable bonds is 4. The van der Waals surface area contributed by atoms with Crippen LogP contribution in [0.4, 0.5) is 0 Å². The van der Waals surface area contributed by atoms with Gasteiger partial charge in [-0.3, -0.25) is 11.3 Å². The van der Waals surface area contributed by atoms with Gasteiger partial charge in [0, 0.05) is 19.3 Å². The highest BCUT2D eigenvalue weighted by molar-refractivity contribution is 14.1. The number of hydrogen-bond donors (Lipinski definition) is 2. The fourth-order valence-electron chi connectivity index (χ4n) is 1.84. The molecular weight excluding hydrogens is 437 g/mol. The van der Waals surface area contributed by atoms with Gasteiger partial charge in [0.15, 0.2) is 0 Å². The smallest absolute Gasteiger partial charge is 0.0950 e. The second kappa shape index (κ2) is 6.62. The number of nitrogens with zero attached hydrogens (tertiary/aromatic N) is 1. The van der Waals surface area contributed by atoms with Crippen LogP contribution in [0.25, 0.3) is 0 Å². The molecule has 0 aliphatic heterocycles. The highest BCUT2D eigenvalue weighted by atomic mass is 127. The maximum absolute atomic E-state index is 5.72. The van der Waals surface area contributed by atoms with Gasteiger partial charge in [-0.2, -0.15) is 0 Å². The summed E-state index contributed by atoms with van der Waals surface area (Å²) in [5.74, 6) is 5.72. The third kappa shape index (κ3) is 3.75. The Morgan fingerprint density at radius 1 is 1.47 bits per heavy atom. The van der Waals surface area contributed by atoms with Crippen LogP contribution >= 0.6 is 49.9 Å². The van der Waals surface area contributed by atoms with Crippen LogP contribution in [0, 0.1) is 17.4 Å². The third-order valence-corrected chi connectivity index (χ3v) is 5.47. The van der Waals surface area contributed by atoms with Gasteiger partial charge in [0.05, 0.1) is 16.7 Å². The highest BCUT2D eigenvalue weighted by Gasteiger charge is 2.16. The number of hydrogen-bond acceptors (Lipinski definition) is 4. The SMILES string of the molecule is Cc1nc(CC(NN)c2cc(I)ccc2Br)sc1C. The molecule has 19 heavy (non-hydrogen) atoms. The zero-order chi connectivity index (χ0) is 14.0. The van der Waals surface area contributed by atoms with Crippen molar-refractivity contribution in [2.45, 2.75) is 26.3 Å². The number of nitrogens with two attached hydrogens (primary N) is 1. The van der Waals surface area contributed by atoms with Gasteiger partial charge in [0.2, 0.25) is 0 Å². The van der Waals surface area contributed by atoms with E-state index in [1.165, 1.54) is 14.0 Å². The van der Waals surface area contributed by atoms with E-state index < -0.39 is 0 Å². The van der Waals surface area contributed by atoms with Crippen molar-refractivity contribution in [3.63, 3.8) is 0 Å². The van der Waals surface area contributed by atoms with Crippen molar-refractivity contribution in [1.82, 2.24) is 10.4 Å².